The average Bonchev–Trinajstić information content (AvgIpc) is 3.54. The molecule has 240 valence electrons. The number of rotatable bonds is 11. The summed E-state index contributed by atoms with van der Waals surface area (Å²) in [6.07, 6.45) is 3.32. The van der Waals surface area contributed by atoms with Crippen molar-refractivity contribution in [2.75, 3.05) is 30.9 Å². The van der Waals surface area contributed by atoms with Crippen molar-refractivity contribution >= 4 is 84.3 Å². The average molecular weight is 698 g/mol. The summed E-state index contributed by atoms with van der Waals surface area (Å²) in [4.78, 5) is 51.7. The van der Waals surface area contributed by atoms with Gasteiger partial charge >= 0.3 is 11.9 Å². The third-order valence-electron chi connectivity index (χ3n) is 6.37. The molecule has 3 heterocycles. The number of hydrogen-bond acceptors (Lipinski definition) is 12. The quantitative estimate of drug-likeness (QED) is 0.224. The molecule has 2 aromatic rings. The number of anilines is 1. The molecule has 3 N–H and O–H groups in total. The Balaban J connectivity index is 1.78. The van der Waals surface area contributed by atoms with Crippen LogP contribution in [0.5, 0.6) is 11.5 Å². The van der Waals surface area contributed by atoms with Gasteiger partial charge in [0, 0.05) is 18.2 Å². The molecule has 0 unspecified atom stereocenters. The molecule has 2 aliphatic heterocycles. The number of fused-ring (bicyclic) bond motifs is 1. The molecule has 1 aromatic carbocycles. The SMILES string of the molecule is COc1ccc2c(c1)N(CCCS(=O)(=O)O)\C(=C(C)/C=C(C)/C=c1\s/c(=C3/SC(=S)N(CC(=O)O)C3=O)n(CC(=O)O)c1=O)O2. The molecule has 18 heteroatoms. The van der Waals surface area contributed by atoms with Crippen LogP contribution < -0.4 is 29.1 Å². The van der Waals surface area contributed by atoms with E-state index in [2.05, 4.69) is 0 Å². The maximum Gasteiger partial charge on any atom is 0.323 e. The lowest BCUT2D eigenvalue weighted by Gasteiger charge is -2.19. The lowest BCUT2D eigenvalue weighted by atomic mass is 10.2. The number of ether oxygens (including phenoxy) is 2. The third-order valence-corrected chi connectivity index (χ3v) is 9.87. The van der Waals surface area contributed by atoms with Gasteiger partial charge in [-0.05, 0) is 44.1 Å². The number of carboxylic acid groups (broad SMARTS) is 2. The topological polar surface area (TPSA) is 193 Å². The Morgan fingerprint density at radius 1 is 1.11 bits per heavy atom. The van der Waals surface area contributed by atoms with E-state index in [0.29, 0.717) is 34.2 Å². The van der Waals surface area contributed by atoms with Gasteiger partial charge in [-0.25, -0.2) is 0 Å². The number of carboxylic acids is 2. The van der Waals surface area contributed by atoms with Crippen molar-refractivity contribution in [1.29, 1.82) is 0 Å². The minimum Gasteiger partial charge on any atom is -0.497 e. The number of carbonyl (C=O) groups is 3. The van der Waals surface area contributed by atoms with Crippen molar-refractivity contribution in [2.45, 2.75) is 26.8 Å². The second kappa shape index (κ2) is 13.6. The number of hydrogen-bond donors (Lipinski definition) is 3. The van der Waals surface area contributed by atoms with Gasteiger partial charge in [0.05, 0.1) is 23.1 Å². The van der Waals surface area contributed by atoms with E-state index in [-0.39, 0.29) is 31.4 Å². The highest BCUT2D eigenvalue weighted by molar-refractivity contribution is 8.30. The van der Waals surface area contributed by atoms with Crippen molar-refractivity contribution in [3.8, 4) is 11.5 Å². The van der Waals surface area contributed by atoms with Gasteiger partial charge in [-0.1, -0.05) is 30.1 Å². The number of aromatic nitrogens is 1. The van der Waals surface area contributed by atoms with E-state index in [0.717, 1.165) is 32.6 Å². The van der Waals surface area contributed by atoms with Crippen LogP contribution in [0.1, 0.15) is 20.3 Å². The second-order valence-electron chi connectivity index (χ2n) is 9.79. The lowest BCUT2D eigenvalue weighted by molar-refractivity contribution is -0.140. The summed E-state index contributed by atoms with van der Waals surface area (Å²) in [5.41, 5.74) is 1.11. The summed E-state index contributed by atoms with van der Waals surface area (Å²) in [6.45, 7) is 2.22. The van der Waals surface area contributed by atoms with Crippen LogP contribution in [0.2, 0.25) is 0 Å². The van der Waals surface area contributed by atoms with Crippen molar-refractivity contribution < 1.29 is 47.0 Å². The molecule has 14 nitrogen and oxygen atoms in total. The molecular formula is C27H27N3O11S4. The number of thiazole rings is 1. The molecular weight excluding hydrogens is 671 g/mol. The maximum absolute atomic E-state index is 13.3. The molecule has 0 atom stereocenters. The van der Waals surface area contributed by atoms with Gasteiger partial charge in [0.1, 0.15) is 32.7 Å². The first-order chi connectivity index (χ1) is 21.1. The normalized spacial score (nSPS) is 18.0. The van der Waals surface area contributed by atoms with Gasteiger partial charge in [0.25, 0.3) is 21.6 Å². The Morgan fingerprint density at radius 3 is 2.42 bits per heavy atom. The Bertz CT molecular complexity index is 1960. The summed E-state index contributed by atoms with van der Waals surface area (Å²) in [7, 11) is -2.68. The van der Waals surface area contributed by atoms with Crippen molar-refractivity contribution in [2.24, 2.45) is 0 Å². The number of thiocarbonyl (C=S) groups is 1. The van der Waals surface area contributed by atoms with E-state index in [9.17, 15) is 37.3 Å². The molecule has 0 spiro atoms. The predicted molar refractivity (Wildman–Crippen MR) is 171 cm³/mol. The zero-order valence-electron chi connectivity index (χ0n) is 24.0. The molecule has 1 saturated heterocycles. The van der Waals surface area contributed by atoms with Crippen LogP contribution in [0.4, 0.5) is 5.69 Å². The first-order valence-corrected chi connectivity index (χ1v) is 16.7. The van der Waals surface area contributed by atoms with Crippen molar-refractivity contribution in [1.82, 2.24) is 9.47 Å². The number of nitrogens with zero attached hydrogens (tertiary/aromatic N) is 3. The number of allylic oxidation sites excluding steroid dienone is 3. The summed E-state index contributed by atoms with van der Waals surface area (Å²) < 4.78 is 44.3. The van der Waals surface area contributed by atoms with E-state index in [1.165, 1.54) is 13.2 Å². The summed E-state index contributed by atoms with van der Waals surface area (Å²) in [5.74, 6) is -2.38. The van der Waals surface area contributed by atoms with Gasteiger partial charge in [0.2, 0.25) is 5.88 Å². The summed E-state index contributed by atoms with van der Waals surface area (Å²) in [5, 5.41) is 18.6. The molecule has 0 bridgehead atoms. The van der Waals surface area contributed by atoms with E-state index < -0.39 is 52.4 Å². The highest BCUT2D eigenvalue weighted by Gasteiger charge is 2.35. The standard InChI is InChI=1S/C27H27N3O11S4/c1-14(9-15(2)25-28(7-4-8-45(37,38)39)17-11-16(40-3)5-6-18(17)41-25)10-19-23(35)29(12-20(31)32)26(43-19)22-24(36)30(13-21(33)34)27(42)44-22/h5-6,9-11H,4,7-8,12-13H2,1-3H3,(H,31,32)(H,33,34)(H,37,38,39)/b14-9+,19-10-,25-15+,26-22+. The Kier molecular flexibility index (Phi) is 10.2. The van der Waals surface area contributed by atoms with Gasteiger partial charge < -0.3 is 24.6 Å². The first-order valence-electron chi connectivity index (χ1n) is 13.0. The molecule has 0 saturated carbocycles. The van der Waals surface area contributed by atoms with Crippen molar-refractivity contribution in [3.05, 3.63) is 60.9 Å². The fourth-order valence-corrected chi connectivity index (χ4v) is 7.58. The Morgan fingerprint density at radius 2 is 1.80 bits per heavy atom. The molecule has 1 amide bonds. The van der Waals surface area contributed by atoms with Crippen LogP contribution in [-0.2, 0) is 31.0 Å². The zero-order valence-corrected chi connectivity index (χ0v) is 27.3. The summed E-state index contributed by atoms with van der Waals surface area (Å²) in [6, 6.07) is 5.14. The number of benzene rings is 1. The van der Waals surface area contributed by atoms with E-state index in [1.54, 1.807) is 43.0 Å². The molecule has 1 fully saturated rings. The fourth-order valence-electron chi connectivity index (χ4n) is 4.53. The molecule has 2 aliphatic rings. The van der Waals surface area contributed by atoms with Crippen LogP contribution >= 0.6 is 35.3 Å². The third kappa shape index (κ3) is 7.82. The van der Waals surface area contributed by atoms with E-state index in [4.69, 9.17) is 26.8 Å². The number of carbonyl (C=O) groups excluding carboxylic acids is 1. The molecule has 1 aromatic heterocycles. The second-order valence-corrected chi connectivity index (χ2v) is 14.0. The number of methoxy groups -OCH3 is 1. The Labute approximate surface area is 269 Å². The largest absolute Gasteiger partial charge is 0.497 e. The van der Waals surface area contributed by atoms with E-state index >= 15 is 0 Å². The smallest absolute Gasteiger partial charge is 0.323 e. The van der Waals surface area contributed by atoms with Gasteiger partial charge in [0.15, 0.2) is 5.75 Å². The summed E-state index contributed by atoms with van der Waals surface area (Å²) >= 11 is 6.81. The number of thioether (sulfide) groups is 1. The Hall–Kier alpha value is -3.97. The van der Waals surface area contributed by atoms with Gasteiger partial charge in [-0.15, -0.1) is 11.3 Å². The minimum atomic E-state index is -4.18. The molecule has 4 rings (SSSR count). The molecule has 45 heavy (non-hydrogen) atoms. The van der Waals surface area contributed by atoms with E-state index in [1.807, 2.05) is 0 Å². The minimum absolute atomic E-state index is 0.0275. The van der Waals surface area contributed by atoms with Crippen LogP contribution in [0.3, 0.4) is 0 Å². The fraction of sp³-hybridized carbons (Fsp3) is 0.296. The number of amides is 1. The monoisotopic (exact) mass is 697 g/mol. The molecule has 0 radical (unpaired) electrons. The maximum atomic E-state index is 13.3. The first kappa shape index (κ1) is 33.9. The van der Waals surface area contributed by atoms with Crippen LogP contribution in [0.15, 0.2) is 46.1 Å². The molecule has 0 aliphatic carbocycles. The highest BCUT2D eigenvalue weighted by Crippen LogP contribution is 2.42. The van der Waals surface area contributed by atoms with Crippen LogP contribution in [0, 0.1) is 0 Å². The van der Waals surface area contributed by atoms with Gasteiger partial charge in [-0.3, -0.25) is 33.2 Å². The van der Waals surface area contributed by atoms with Crippen molar-refractivity contribution in [3.63, 3.8) is 0 Å². The zero-order chi connectivity index (χ0) is 33.2. The number of aliphatic carboxylic acids is 2. The predicted octanol–water partition coefficient (Wildman–Crippen LogP) is 1.19. The lowest BCUT2D eigenvalue weighted by Crippen LogP contribution is -2.36. The van der Waals surface area contributed by atoms with Gasteiger partial charge in [-0.2, -0.15) is 8.42 Å². The highest BCUT2D eigenvalue weighted by atomic mass is 32.2. The van der Waals surface area contributed by atoms with Crippen LogP contribution in [-0.4, -0.2) is 80.8 Å². The van der Waals surface area contributed by atoms with Crippen LogP contribution in [0.25, 0.3) is 11.0 Å².